The first-order valence-corrected chi connectivity index (χ1v) is 10.8. The van der Waals surface area contributed by atoms with Crippen LogP contribution in [0.5, 0.6) is 0 Å². The molecule has 4 aromatic carbocycles. The molecule has 9 heteroatoms. The Morgan fingerprint density at radius 1 is 0.424 bits per heavy atom. The van der Waals surface area contributed by atoms with Crippen LogP contribution >= 0.6 is 0 Å². The Morgan fingerprint density at radius 2 is 0.697 bits per heavy atom. The molecule has 0 saturated heterocycles. The molecule has 0 aliphatic heterocycles. The summed E-state index contributed by atoms with van der Waals surface area (Å²) in [6, 6.07) is 13.3. The van der Waals surface area contributed by atoms with Gasteiger partial charge in [0, 0.05) is 0 Å². The number of halogens is 6. The fraction of sp³-hybridized carbons (Fsp3) is 0. The third kappa shape index (κ3) is 4.23. The number of hydrogen-bond acceptors (Lipinski definition) is 2. The summed E-state index contributed by atoms with van der Waals surface area (Å²) in [5.74, 6) is -8.70. The fourth-order valence-electron chi connectivity index (χ4n) is 3.23. The van der Waals surface area contributed by atoms with Gasteiger partial charge in [-0.25, -0.2) is 34.8 Å². The molecule has 0 aliphatic carbocycles. The van der Waals surface area contributed by atoms with Crippen LogP contribution in [-0.4, -0.2) is 8.42 Å². The van der Waals surface area contributed by atoms with E-state index in [-0.39, 0.29) is 32.0 Å². The lowest BCUT2D eigenvalue weighted by Crippen LogP contribution is -2.02. The number of hydrogen-bond donors (Lipinski definition) is 0. The van der Waals surface area contributed by atoms with Crippen molar-refractivity contribution in [1.82, 2.24) is 0 Å². The van der Waals surface area contributed by atoms with E-state index in [9.17, 15) is 34.8 Å². The third-order valence-electron chi connectivity index (χ3n) is 4.96. The van der Waals surface area contributed by atoms with Gasteiger partial charge in [-0.1, -0.05) is 24.3 Å². The predicted octanol–water partition coefficient (Wildman–Crippen LogP) is 6.69. The van der Waals surface area contributed by atoms with Crippen LogP contribution in [0.1, 0.15) is 0 Å². The SMILES string of the molecule is O=S(=O)(c1ccc(-c2cc(F)c(F)c(F)c2)cc1)c1ccc(-c2cc(F)c(F)c(F)c2)cc1. The molecule has 0 radical (unpaired) electrons. The first kappa shape index (κ1) is 22.6. The Labute approximate surface area is 184 Å². The third-order valence-corrected chi connectivity index (χ3v) is 6.75. The quantitative estimate of drug-likeness (QED) is 0.242. The molecule has 0 aliphatic rings. The highest BCUT2D eigenvalue weighted by atomic mass is 32.2. The van der Waals surface area contributed by atoms with E-state index in [1.165, 1.54) is 48.5 Å². The highest BCUT2D eigenvalue weighted by molar-refractivity contribution is 7.91. The van der Waals surface area contributed by atoms with Crippen molar-refractivity contribution in [3.05, 3.63) is 108 Å². The second kappa shape index (κ2) is 8.40. The highest BCUT2D eigenvalue weighted by Crippen LogP contribution is 2.29. The smallest absolute Gasteiger partial charge is 0.206 e. The van der Waals surface area contributed by atoms with Crippen molar-refractivity contribution in [3.63, 3.8) is 0 Å². The van der Waals surface area contributed by atoms with Crippen LogP contribution in [-0.2, 0) is 9.84 Å². The number of sulfone groups is 1. The van der Waals surface area contributed by atoms with E-state index in [0.717, 1.165) is 24.3 Å². The van der Waals surface area contributed by atoms with Gasteiger partial charge < -0.3 is 0 Å². The van der Waals surface area contributed by atoms with Crippen molar-refractivity contribution in [2.75, 3.05) is 0 Å². The molecule has 4 aromatic rings. The van der Waals surface area contributed by atoms with Crippen molar-refractivity contribution in [1.29, 1.82) is 0 Å². The largest absolute Gasteiger partial charge is 0.219 e. The summed E-state index contributed by atoms with van der Waals surface area (Å²) >= 11 is 0. The van der Waals surface area contributed by atoms with Crippen molar-refractivity contribution < 1.29 is 34.8 Å². The maximum absolute atomic E-state index is 13.5. The van der Waals surface area contributed by atoms with Crippen LogP contribution in [0.2, 0.25) is 0 Å². The van der Waals surface area contributed by atoms with Crippen LogP contribution in [0, 0.1) is 34.9 Å². The fourth-order valence-corrected chi connectivity index (χ4v) is 4.49. The minimum absolute atomic E-state index is 0.0264. The molecule has 4 rings (SSSR count). The van der Waals surface area contributed by atoms with Gasteiger partial charge in [0.05, 0.1) is 9.79 Å². The minimum atomic E-state index is -4.00. The summed E-state index contributed by atoms with van der Waals surface area (Å²) in [6.07, 6.45) is 0. The van der Waals surface area contributed by atoms with Gasteiger partial charge in [-0.2, -0.15) is 0 Å². The van der Waals surface area contributed by atoms with Crippen molar-refractivity contribution in [2.24, 2.45) is 0 Å². The van der Waals surface area contributed by atoms with E-state index in [2.05, 4.69) is 0 Å². The Morgan fingerprint density at radius 3 is 0.970 bits per heavy atom. The molecular weight excluding hydrogens is 466 g/mol. The van der Waals surface area contributed by atoms with E-state index in [0.29, 0.717) is 0 Å². The molecule has 168 valence electrons. The van der Waals surface area contributed by atoms with Crippen LogP contribution in [0.15, 0.2) is 82.6 Å². The molecule has 0 bridgehead atoms. The summed E-state index contributed by atoms with van der Waals surface area (Å²) < 4.78 is 106. The van der Waals surface area contributed by atoms with Gasteiger partial charge in [0.1, 0.15) is 0 Å². The lowest BCUT2D eigenvalue weighted by Gasteiger charge is -2.09. The van der Waals surface area contributed by atoms with E-state index in [1.54, 1.807) is 0 Å². The zero-order valence-electron chi connectivity index (χ0n) is 16.4. The molecule has 0 spiro atoms. The normalized spacial score (nSPS) is 11.6. The lowest BCUT2D eigenvalue weighted by atomic mass is 10.1. The molecule has 0 aromatic heterocycles. The maximum atomic E-state index is 13.5. The molecule has 0 heterocycles. The molecule has 0 amide bonds. The van der Waals surface area contributed by atoms with Crippen LogP contribution in [0.25, 0.3) is 22.3 Å². The topological polar surface area (TPSA) is 34.1 Å². The average Bonchev–Trinajstić information content (AvgIpc) is 2.80. The van der Waals surface area contributed by atoms with Gasteiger partial charge in [-0.05, 0) is 70.8 Å². The molecule has 0 fully saturated rings. The van der Waals surface area contributed by atoms with Crippen molar-refractivity contribution in [2.45, 2.75) is 9.79 Å². The minimum Gasteiger partial charge on any atom is -0.219 e. The van der Waals surface area contributed by atoms with Gasteiger partial charge in [-0.3, -0.25) is 0 Å². The summed E-state index contributed by atoms with van der Waals surface area (Å²) in [5, 5.41) is 0. The number of rotatable bonds is 4. The van der Waals surface area contributed by atoms with Gasteiger partial charge >= 0.3 is 0 Å². The van der Waals surface area contributed by atoms with E-state index >= 15 is 0 Å². The molecule has 2 nitrogen and oxygen atoms in total. The van der Waals surface area contributed by atoms with Crippen LogP contribution in [0.3, 0.4) is 0 Å². The Balaban J connectivity index is 1.63. The standard InChI is InChI=1S/C24H12F6O2S/c25-19-9-15(10-20(26)23(19)29)13-1-5-17(6-2-13)33(31,32)18-7-3-14(4-8-18)16-11-21(27)24(30)22(28)12-16/h1-12H. The molecule has 0 unspecified atom stereocenters. The van der Waals surface area contributed by atoms with Crippen LogP contribution < -0.4 is 0 Å². The summed E-state index contributed by atoms with van der Waals surface area (Å²) in [5.41, 5.74) is 0.585. The number of benzene rings is 4. The van der Waals surface area contributed by atoms with Crippen LogP contribution in [0.4, 0.5) is 26.3 Å². The molecule has 0 N–H and O–H groups in total. The lowest BCUT2D eigenvalue weighted by molar-refractivity contribution is 0.447. The molecular formula is C24H12F6O2S. The maximum Gasteiger partial charge on any atom is 0.206 e. The van der Waals surface area contributed by atoms with E-state index in [4.69, 9.17) is 0 Å². The van der Waals surface area contributed by atoms with Crippen molar-refractivity contribution >= 4 is 9.84 Å². The summed E-state index contributed by atoms with van der Waals surface area (Å²) in [6.45, 7) is 0. The summed E-state index contributed by atoms with van der Waals surface area (Å²) in [7, 11) is -4.00. The Hall–Kier alpha value is -3.59. The zero-order chi connectivity index (χ0) is 23.9. The Kier molecular flexibility index (Phi) is 5.75. The van der Waals surface area contributed by atoms with Gasteiger partial charge in [0.25, 0.3) is 0 Å². The first-order valence-electron chi connectivity index (χ1n) is 9.33. The molecule has 33 heavy (non-hydrogen) atoms. The van der Waals surface area contributed by atoms with Gasteiger partial charge in [0.15, 0.2) is 34.9 Å². The van der Waals surface area contributed by atoms with Gasteiger partial charge in [-0.15, -0.1) is 0 Å². The summed E-state index contributed by atoms with van der Waals surface area (Å²) in [4.78, 5) is -0.248. The van der Waals surface area contributed by atoms with E-state index < -0.39 is 44.7 Å². The van der Waals surface area contributed by atoms with Gasteiger partial charge in [0.2, 0.25) is 9.84 Å². The second-order valence-electron chi connectivity index (χ2n) is 7.06. The van der Waals surface area contributed by atoms with Crippen molar-refractivity contribution in [3.8, 4) is 22.3 Å². The zero-order valence-corrected chi connectivity index (χ0v) is 17.2. The Bertz CT molecular complexity index is 1310. The highest BCUT2D eigenvalue weighted by Gasteiger charge is 2.19. The monoisotopic (exact) mass is 478 g/mol. The second-order valence-corrected chi connectivity index (χ2v) is 9.01. The molecule has 0 atom stereocenters. The van der Waals surface area contributed by atoms with E-state index in [1.807, 2.05) is 0 Å². The first-order chi connectivity index (χ1) is 15.6. The molecule has 0 saturated carbocycles. The predicted molar refractivity (Wildman–Crippen MR) is 109 cm³/mol. The average molecular weight is 478 g/mol.